The maximum atomic E-state index is 11.8. The van der Waals surface area contributed by atoms with E-state index in [1.54, 1.807) is 30.5 Å². The third kappa shape index (κ3) is 2.60. The highest BCUT2D eigenvalue weighted by molar-refractivity contribution is 7.98. The monoisotopic (exact) mass is 287 g/mol. The van der Waals surface area contributed by atoms with E-state index in [0.29, 0.717) is 10.7 Å². The fourth-order valence-electron chi connectivity index (χ4n) is 1.79. The van der Waals surface area contributed by atoms with Gasteiger partial charge in [0.1, 0.15) is 11.6 Å². The molecule has 0 aliphatic rings. The third-order valence-corrected chi connectivity index (χ3v) is 3.28. The zero-order chi connectivity index (χ0) is 14.7. The lowest BCUT2D eigenvalue weighted by Crippen LogP contribution is -2.32. The first-order chi connectivity index (χ1) is 9.58. The molecule has 20 heavy (non-hydrogen) atoms. The van der Waals surface area contributed by atoms with Crippen molar-refractivity contribution in [3.05, 3.63) is 40.2 Å². The number of thioether (sulfide) groups is 1. The van der Waals surface area contributed by atoms with Crippen molar-refractivity contribution in [2.45, 2.75) is 5.16 Å². The van der Waals surface area contributed by atoms with Crippen molar-refractivity contribution < 1.29 is 10.0 Å². The molecule has 0 saturated carbocycles. The zero-order valence-electron chi connectivity index (χ0n) is 10.5. The molecule has 2 rings (SSSR count). The van der Waals surface area contributed by atoms with Gasteiger partial charge in [-0.25, -0.2) is 4.98 Å². The number of benzene rings is 1. The topological polar surface area (TPSA) is 110 Å². The van der Waals surface area contributed by atoms with E-state index < -0.39 is 12.7 Å². The number of nitrogens with zero attached hydrogens (tertiary/aromatic N) is 2. The molecule has 1 heterocycles. The molecule has 100 valence electrons. The fourth-order valence-corrected chi connectivity index (χ4v) is 2.16. The van der Waals surface area contributed by atoms with E-state index in [-0.39, 0.29) is 16.7 Å². The van der Waals surface area contributed by atoms with Gasteiger partial charge in [-0.2, -0.15) is 5.26 Å². The van der Waals surface area contributed by atoms with E-state index in [2.05, 4.69) is 9.97 Å². The quantitative estimate of drug-likeness (QED) is 0.406. The fraction of sp³-hybridized carbons (Fsp3) is 0.0833. The molecular weight excluding hydrogens is 277 g/mol. The van der Waals surface area contributed by atoms with Crippen LogP contribution < -0.4 is 11.0 Å². The summed E-state index contributed by atoms with van der Waals surface area (Å²) in [4.78, 5) is 18.5. The van der Waals surface area contributed by atoms with Crippen molar-refractivity contribution in [2.24, 2.45) is 0 Å². The number of H-pyrrole nitrogens is 1. The molecule has 0 aliphatic heterocycles. The number of rotatable bonds is 3. The lowest BCUT2D eigenvalue weighted by Gasteiger charge is -2.10. The molecule has 8 heteroatoms. The Hall–Kier alpha value is -2.08. The van der Waals surface area contributed by atoms with E-state index in [0.717, 1.165) is 0 Å². The average Bonchev–Trinajstić information content (AvgIpc) is 2.46. The molecule has 0 bridgehead atoms. The molecule has 1 aromatic carbocycles. The summed E-state index contributed by atoms with van der Waals surface area (Å²) in [6.45, 7) is 0. The SMILES string of the molecule is CSc1nc(-c2ccccc2B(O)O)c(C#N)c(=O)[nH]1. The largest absolute Gasteiger partial charge is 0.489 e. The smallest absolute Gasteiger partial charge is 0.423 e. The van der Waals surface area contributed by atoms with Crippen LogP contribution in [-0.2, 0) is 0 Å². The first kappa shape index (κ1) is 14.3. The van der Waals surface area contributed by atoms with Crippen molar-refractivity contribution in [3.8, 4) is 17.3 Å². The van der Waals surface area contributed by atoms with Crippen LogP contribution >= 0.6 is 11.8 Å². The summed E-state index contributed by atoms with van der Waals surface area (Å²) >= 11 is 1.22. The van der Waals surface area contributed by atoms with Gasteiger partial charge in [-0.3, -0.25) is 4.79 Å². The number of aromatic nitrogens is 2. The van der Waals surface area contributed by atoms with Crippen molar-refractivity contribution in [3.63, 3.8) is 0 Å². The van der Waals surface area contributed by atoms with Crippen LogP contribution in [0.2, 0.25) is 0 Å². The zero-order valence-corrected chi connectivity index (χ0v) is 11.3. The van der Waals surface area contributed by atoms with Crippen LogP contribution in [0.1, 0.15) is 5.56 Å². The standard InChI is InChI=1S/C12H10BN3O3S/c1-20-12-15-10(8(6-14)11(17)16-12)7-4-2-3-5-9(7)13(18)19/h2-5,18-19H,1H3,(H,15,16,17). The van der Waals surface area contributed by atoms with Crippen LogP contribution in [0, 0.1) is 11.3 Å². The van der Waals surface area contributed by atoms with Crippen LogP contribution in [0.4, 0.5) is 0 Å². The second-order valence-electron chi connectivity index (χ2n) is 3.87. The Kier molecular flexibility index (Phi) is 4.24. The maximum Gasteiger partial charge on any atom is 0.489 e. The molecule has 0 spiro atoms. The van der Waals surface area contributed by atoms with Crippen LogP contribution in [0.5, 0.6) is 0 Å². The maximum absolute atomic E-state index is 11.8. The van der Waals surface area contributed by atoms with Crippen LogP contribution in [0.15, 0.2) is 34.2 Å². The molecular formula is C12H10BN3O3S. The van der Waals surface area contributed by atoms with Gasteiger partial charge in [0, 0.05) is 5.56 Å². The Morgan fingerprint density at radius 3 is 2.70 bits per heavy atom. The Morgan fingerprint density at radius 2 is 2.10 bits per heavy atom. The minimum absolute atomic E-state index is 0.143. The Bertz CT molecular complexity index is 739. The summed E-state index contributed by atoms with van der Waals surface area (Å²) in [6.07, 6.45) is 1.74. The van der Waals surface area contributed by atoms with Gasteiger partial charge in [-0.15, -0.1) is 0 Å². The molecule has 0 aliphatic carbocycles. The molecule has 1 aromatic heterocycles. The van der Waals surface area contributed by atoms with Gasteiger partial charge in [0.15, 0.2) is 5.16 Å². The van der Waals surface area contributed by atoms with Crippen LogP contribution in [0.3, 0.4) is 0 Å². The summed E-state index contributed by atoms with van der Waals surface area (Å²) < 4.78 is 0. The minimum Gasteiger partial charge on any atom is -0.423 e. The van der Waals surface area contributed by atoms with Gasteiger partial charge in [-0.05, 0) is 11.7 Å². The van der Waals surface area contributed by atoms with Gasteiger partial charge >= 0.3 is 7.12 Å². The van der Waals surface area contributed by atoms with E-state index in [4.69, 9.17) is 5.26 Å². The van der Waals surface area contributed by atoms with Gasteiger partial charge < -0.3 is 15.0 Å². The van der Waals surface area contributed by atoms with E-state index in [1.165, 1.54) is 17.8 Å². The molecule has 2 aromatic rings. The molecule has 0 fully saturated rings. The summed E-state index contributed by atoms with van der Waals surface area (Å²) in [6, 6.07) is 8.19. The van der Waals surface area contributed by atoms with E-state index in [9.17, 15) is 14.8 Å². The predicted molar refractivity (Wildman–Crippen MR) is 76.6 cm³/mol. The Morgan fingerprint density at radius 1 is 1.40 bits per heavy atom. The normalized spacial score (nSPS) is 10.1. The van der Waals surface area contributed by atoms with Gasteiger partial charge in [0.2, 0.25) is 0 Å². The summed E-state index contributed by atoms with van der Waals surface area (Å²) in [7, 11) is -1.71. The van der Waals surface area contributed by atoms with Crippen molar-refractivity contribution in [2.75, 3.05) is 6.26 Å². The molecule has 0 amide bonds. The number of aromatic amines is 1. The van der Waals surface area contributed by atoms with Crippen LogP contribution in [0.25, 0.3) is 11.3 Å². The van der Waals surface area contributed by atoms with Crippen molar-refractivity contribution in [1.82, 2.24) is 9.97 Å². The number of hydrogen-bond acceptors (Lipinski definition) is 6. The predicted octanol–water partition coefficient (Wildman–Crippen LogP) is -0.290. The molecule has 3 N–H and O–H groups in total. The average molecular weight is 287 g/mol. The molecule has 6 nitrogen and oxygen atoms in total. The second kappa shape index (κ2) is 5.92. The number of nitrogens with one attached hydrogen (secondary N) is 1. The molecule has 0 radical (unpaired) electrons. The summed E-state index contributed by atoms with van der Waals surface area (Å²) in [5.41, 5.74) is -0.0288. The first-order valence-electron chi connectivity index (χ1n) is 5.62. The van der Waals surface area contributed by atoms with Gasteiger partial charge in [-0.1, -0.05) is 36.0 Å². The lowest BCUT2D eigenvalue weighted by atomic mass is 9.76. The Balaban J connectivity index is 2.79. The highest BCUT2D eigenvalue weighted by Crippen LogP contribution is 2.19. The van der Waals surface area contributed by atoms with Gasteiger partial charge in [0.25, 0.3) is 5.56 Å². The van der Waals surface area contributed by atoms with Gasteiger partial charge in [0.05, 0.1) is 5.69 Å². The van der Waals surface area contributed by atoms with Crippen molar-refractivity contribution in [1.29, 1.82) is 5.26 Å². The third-order valence-electron chi connectivity index (χ3n) is 2.70. The van der Waals surface area contributed by atoms with Crippen molar-refractivity contribution >= 4 is 24.3 Å². The first-order valence-corrected chi connectivity index (χ1v) is 6.84. The summed E-state index contributed by atoms with van der Waals surface area (Å²) in [5.74, 6) is 0. The molecule has 0 atom stereocenters. The minimum atomic E-state index is -1.71. The van der Waals surface area contributed by atoms with Crippen LogP contribution in [-0.4, -0.2) is 33.4 Å². The Labute approximate surface area is 119 Å². The lowest BCUT2D eigenvalue weighted by molar-refractivity contribution is 0.426. The number of hydrogen-bond donors (Lipinski definition) is 3. The van der Waals surface area contributed by atoms with E-state index >= 15 is 0 Å². The highest BCUT2D eigenvalue weighted by Gasteiger charge is 2.21. The molecule has 0 unspecified atom stereocenters. The highest BCUT2D eigenvalue weighted by atomic mass is 32.2. The van der Waals surface area contributed by atoms with E-state index in [1.807, 2.05) is 0 Å². The number of nitriles is 1. The summed E-state index contributed by atoms with van der Waals surface area (Å²) in [5, 5.41) is 28.2. The second-order valence-corrected chi connectivity index (χ2v) is 4.67. The molecule has 0 saturated heterocycles.